The van der Waals surface area contributed by atoms with E-state index in [1.165, 1.54) is 7.11 Å². The van der Waals surface area contributed by atoms with Crippen LogP contribution in [0.15, 0.2) is 0 Å². The molecule has 1 saturated heterocycles. The molecule has 0 aromatic heterocycles. The molecule has 0 N–H and O–H groups in total. The molecule has 0 aromatic rings. The first kappa shape index (κ1) is 11.9. The molecule has 0 aliphatic carbocycles. The molecule has 2 atom stereocenters. The standard InChI is InChI=1S/C8H17NO4S/c1-3-9(7-13-2)6-4-5-8(9)14(10,11)12/h8H,3-7H2,1-2H3. The lowest BCUT2D eigenvalue weighted by Gasteiger charge is -2.38. The summed E-state index contributed by atoms with van der Waals surface area (Å²) in [6.45, 7) is 3.54. The molecule has 1 aliphatic rings. The van der Waals surface area contributed by atoms with E-state index in [2.05, 4.69) is 0 Å². The highest BCUT2D eigenvalue weighted by atomic mass is 32.2. The van der Waals surface area contributed by atoms with Crippen LogP contribution in [0.5, 0.6) is 0 Å². The Hall–Kier alpha value is -0.170. The molecule has 0 aromatic carbocycles. The zero-order valence-corrected chi connectivity index (χ0v) is 9.42. The van der Waals surface area contributed by atoms with Gasteiger partial charge in [0.25, 0.3) is 0 Å². The molecular formula is C8H17NO4S. The average Bonchev–Trinajstić information content (AvgIpc) is 2.49. The Labute approximate surface area is 85.0 Å². The summed E-state index contributed by atoms with van der Waals surface area (Å²) in [7, 11) is -2.67. The molecule has 1 aliphatic heterocycles. The van der Waals surface area contributed by atoms with E-state index >= 15 is 0 Å². The van der Waals surface area contributed by atoms with Gasteiger partial charge in [0.2, 0.25) is 0 Å². The van der Waals surface area contributed by atoms with Crippen molar-refractivity contribution in [3.63, 3.8) is 0 Å². The average molecular weight is 223 g/mol. The van der Waals surface area contributed by atoms with Crippen molar-refractivity contribution in [2.24, 2.45) is 0 Å². The first-order chi connectivity index (χ1) is 6.46. The molecule has 1 heterocycles. The van der Waals surface area contributed by atoms with Crippen LogP contribution in [-0.4, -0.2) is 49.8 Å². The maximum Gasteiger partial charge on any atom is 0.183 e. The Kier molecular flexibility index (Phi) is 3.52. The lowest BCUT2D eigenvalue weighted by atomic mass is 10.4. The van der Waals surface area contributed by atoms with E-state index in [0.29, 0.717) is 19.7 Å². The van der Waals surface area contributed by atoms with Crippen molar-refractivity contribution in [2.45, 2.75) is 25.1 Å². The zero-order valence-electron chi connectivity index (χ0n) is 8.60. The highest BCUT2D eigenvalue weighted by Gasteiger charge is 2.44. The van der Waals surface area contributed by atoms with Crippen LogP contribution in [0.1, 0.15) is 19.8 Å². The third-order valence-electron chi connectivity index (χ3n) is 3.01. The van der Waals surface area contributed by atoms with E-state index in [4.69, 9.17) is 4.74 Å². The summed E-state index contributed by atoms with van der Waals surface area (Å²) >= 11 is 0. The second-order valence-electron chi connectivity index (χ2n) is 3.77. The molecule has 2 unspecified atom stereocenters. The van der Waals surface area contributed by atoms with E-state index in [1.54, 1.807) is 0 Å². The lowest BCUT2D eigenvalue weighted by Crippen LogP contribution is -2.55. The molecule has 0 amide bonds. The van der Waals surface area contributed by atoms with Crippen molar-refractivity contribution in [1.82, 2.24) is 0 Å². The van der Waals surface area contributed by atoms with Crippen molar-refractivity contribution in [2.75, 3.05) is 26.9 Å². The van der Waals surface area contributed by atoms with E-state index in [1.807, 2.05) is 6.92 Å². The van der Waals surface area contributed by atoms with Crippen LogP contribution >= 0.6 is 0 Å². The molecule has 0 radical (unpaired) electrons. The fourth-order valence-corrected chi connectivity index (χ4v) is 3.59. The Morgan fingerprint density at radius 2 is 2.21 bits per heavy atom. The molecular weight excluding hydrogens is 206 g/mol. The minimum atomic E-state index is -4.20. The van der Waals surface area contributed by atoms with Crippen molar-refractivity contribution < 1.29 is 22.2 Å². The van der Waals surface area contributed by atoms with Crippen LogP contribution in [0.4, 0.5) is 0 Å². The topological polar surface area (TPSA) is 66.4 Å². The summed E-state index contributed by atoms with van der Waals surface area (Å²) in [6, 6.07) is 0. The second kappa shape index (κ2) is 4.14. The molecule has 5 nitrogen and oxygen atoms in total. The van der Waals surface area contributed by atoms with Gasteiger partial charge >= 0.3 is 0 Å². The van der Waals surface area contributed by atoms with E-state index in [0.717, 1.165) is 13.0 Å². The highest BCUT2D eigenvalue weighted by Crippen LogP contribution is 2.29. The maximum atomic E-state index is 11.1. The number of hydrogen-bond donors (Lipinski definition) is 0. The first-order valence-corrected chi connectivity index (χ1v) is 6.23. The number of hydrogen-bond acceptors (Lipinski definition) is 4. The third kappa shape index (κ3) is 2.08. The number of ether oxygens (including phenoxy) is 1. The molecule has 14 heavy (non-hydrogen) atoms. The van der Waals surface area contributed by atoms with Crippen LogP contribution in [-0.2, 0) is 14.9 Å². The molecule has 6 heteroatoms. The summed E-state index contributed by atoms with van der Waals surface area (Å²) in [5.74, 6) is 0. The molecule has 0 bridgehead atoms. The molecule has 1 fully saturated rings. The Morgan fingerprint density at radius 3 is 2.64 bits per heavy atom. The van der Waals surface area contributed by atoms with Crippen molar-refractivity contribution in [3.8, 4) is 0 Å². The third-order valence-corrected chi connectivity index (χ3v) is 4.36. The summed E-state index contributed by atoms with van der Waals surface area (Å²) in [5.41, 5.74) is 0. The lowest BCUT2D eigenvalue weighted by molar-refractivity contribution is -0.942. The van der Waals surface area contributed by atoms with Gasteiger partial charge in [-0.25, -0.2) is 8.42 Å². The van der Waals surface area contributed by atoms with Crippen molar-refractivity contribution >= 4 is 10.1 Å². The van der Waals surface area contributed by atoms with Gasteiger partial charge in [0.05, 0.1) is 13.1 Å². The quantitative estimate of drug-likeness (QED) is 0.500. The van der Waals surface area contributed by atoms with Crippen LogP contribution < -0.4 is 0 Å². The maximum absolute atomic E-state index is 11.1. The number of methoxy groups -OCH3 is 1. The smallest absolute Gasteiger partial charge is 0.183 e. The fourth-order valence-electron chi connectivity index (χ4n) is 2.27. The second-order valence-corrected chi connectivity index (χ2v) is 5.30. The minimum absolute atomic E-state index is 0.266. The first-order valence-electron chi connectivity index (χ1n) is 4.75. The number of rotatable bonds is 4. The Bertz CT molecular complexity index is 290. The van der Waals surface area contributed by atoms with Gasteiger partial charge in [-0.3, -0.25) is 4.48 Å². The molecule has 0 saturated carbocycles. The number of nitrogens with zero attached hydrogens (tertiary/aromatic N) is 1. The summed E-state index contributed by atoms with van der Waals surface area (Å²) in [5, 5.41) is -0.813. The van der Waals surface area contributed by atoms with Crippen LogP contribution in [0.3, 0.4) is 0 Å². The molecule has 84 valence electrons. The highest BCUT2D eigenvalue weighted by molar-refractivity contribution is 7.86. The molecule has 1 rings (SSSR count). The predicted molar refractivity (Wildman–Crippen MR) is 50.3 cm³/mol. The Balaban J connectivity index is 2.94. The van der Waals surface area contributed by atoms with Crippen LogP contribution in [0.25, 0.3) is 0 Å². The van der Waals surface area contributed by atoms with E-state index in [-0.39, 0.29) is 4.48 Å². The summed E-state index contributed by atoms with van der Waals surface area (Å²) in [6.07, 6.45) is 1.24. The van der Waals surface area contributed by atoms with Gasteiger partial charge in [0, 0.05) is 20.0 Å². The summed E-state index contributed by atoms with van der Waals surface area (Å²) < 4.78 is 38.4. The fraction of sp³-hybridized carbons (Fsp3) is 1.00. The largest absolute Gasteiger partial charge is 0.743 e. The van der Waals surface area contributed by atoms with Gasteiger partial charge in [-0.05, 0) is 6.92 Å². The van der Waals surface area contributed by atoms with Crippen molar-refractivity contribution in [1.29, 1.82) is 0 Å². The van der Waals surface area contributed by atoms with E-state index in [9.17, 15) is 13.0 Å². The van der Waals surface area contributed by atoms with E-state index < -0.39 is 15.5 Å². The van der Waals surface area contributed by atoms with Gasteiger partial charge in [-0.15, -0.1) is 0 Å². The number of quaternary nitrogens is 1. The minimum Gasteiger partial charge on any atom is -0.743 e. The van der Waals surface area contributed by atoms with Crippen LogP contribution in [0.2, 0.25) is 0 Å². The van der Waals surface area contributed by atoms with Gasteiger partial charge in [0.1, 0.15) is 10.1 Å². The SMILES string of the molecule is CC[N+]1(COC)CCCC1S(=O)(=O)[O-]. The monoisotopic (exact) mass is 223 g/mol. The number of likely N-dealkylation sites (tertiary alicyclic amines) is 1. The Morgan fingerprint density at radius 1 is 1.57 bits per heavy atom. The van der Waals surface area contributed by atoms with Gasteiger partial charge in [0.15, 0.2) is 12.1 Å². The van der Waals surface area contributed by atoms with Gasteiger partial charge in [-0.1, -0.05) is 0 Å². The zero-order chi connectivity index (χ0) is 10.8. The van der Waals surface area contributed by atoms with Crippen LogP contribution in [0, 0.1) is 0 Å². The normalized spacial score (nSPS) is 33.5. The predicted octanol–water partition coefficient (Wildman–Crippen LogP) is 0.0921. The van der Waals surface area contributed by atoms with Gasteiger partial charge < -0.3 is 9.29 Å². The van der Waals surface area contributed by atoms with Crippen molar-refractivity contribution in [3.05, 3.63) is 0 Å². The van der Waals surface area contributed by atoms with Gasteiger partial charge in [-0.2, -0.15) is 0 Å². The summed E-state index contributed by atoms with van der Waals surface area (Å²) in [4.78, 5) is 0. The molecule has 0 spiro atoms.